The average Bonchev–Trinajstić information content (AvgIpc) is 2.74. The van der Waals surface area contributed by atoms with Gasteiger partial charge in [-0.2, -0.15) is 0 Å². The highest BCUT2D eigenvalue weighted by atomic mass is 16.5. The highest BCUT2D eigenvalue weighted by molar-refractivity contribution is 5.97. The molecule has 1 aliphatic rings. The van der Waals surface area contributed by atoms with Gasteiger partial charge in [0, 0.05) is 13.0 Å². The zero-order valence-corrected chi connectivity index (χ0v) is 17.4. The number of hydrogen-bond acceptors (Lipinski definition) is 5. The summed E-state index contributed by atoms with van der Waals surface area (Å²) in [5.74, 6) is 2.02. The molecule has 1 amide bonds. The number of amides is 1. The normalized spacial score (nSPS) is 19.2. The molecule has 156 valence electrons. The maximum Gasteiger partial charge on any atom is 0.257 e. The summed E-state index contributed by atoms with van der Waals surface area (Å²) >= 11 is 0. The van der Waals surface area contributed by atoms with Gasteiger partial charge in [0.15, 0.2) is 0 Å². The fourth-order valence-corrected chi connectivity index (χ4v) is 3.51. The van der Waals surface area contributed by atoms with Crippen molar-refractivity contribution in [2.24, 2.45) is 0 Å². The maximum atomic E-state index is 13.0. The summed E-state index contributed by atoms with van der Waals surface area (Å²) < 4.78 is 16.6. The molecule has 0 saturated carbocycles. The Hall–Kier alpha value is -2.73. The van der Waals surface area contributed by atoms with E-state index in [1.54, 1.807) is 30.2 Å². The number of ether oxygens (including phenoxy) is 3. The molecule has 2 atom stereocenters. The first-order valence-corrected chi connectivity index (χ1v) is 9.89. The topological polar surface area (TPSA) is 68.2 Å². The van der Waals surface area contributed by atoms with Crippen molar-refractivity contribution in [1.82, 2.24) is 4.90 Å². The Morgan fingerprint density at radius 1 is 1.10 bits per heavy atom. The highest BCUT2D eigenvalue weighted by Crippen LogP contribution is 2.28. The number of carbonyl (C=O) groups excluding carboxylic acids is 1. The van der Waals surface area contributed by atoms with Crippen LogP contribution >= 0.6 is 0 Å². The lowest BCUT2D eigenvalue weighted by molar-refractivity contribution is -0.0200. The van der Waals surface area contributed by atoms with E-state index in [-0.39, 0.29) is 18.6 Å². The molecule has 1 aliphatic heterocycles. The molecule has 3 rings (SSSR count). The van der Waals surface area contributed by atoms with Crippen molar-refractivity contribution in [1.29, 1.82) is 0 Å². The van der Waals surface area contributed by atoms with Gasteiger partial charge in [-0.3, -0.25) is 4.79 Å². The quantitative estimate of drug-likeness (QED) is 0.805. The third-order valence-corrected chi connectivity index (χ3v) is 5.26. The number of likely N-dealkylation sites (tertiary alicyclic amines) is 1. The number of aliphatic hydroxyl groups is 1. The number of aliphatic hydroxyl groups excluding tert-OH is 1. The number of rotatable bonds is 6. The predicted molar refractivity (Wildman–Crippen MR) is 111 cm³/mol. The first kappa shape index (κ1) is 21.0. The van der Waals surface area contributed by atoms with Crippen LogP contribution in [0, 0.1) is 0 Å². The average molecular weight is 399 g/mol. The highest BCUT2D eigenvalue weighted by Gasteiger charge is 2.33. The third kappa shape index (κ3) is 4.82. The molecule has 0 aliphatic carbocycles. The first-order valence-electron chi connectivity index (χ1n) is 9.89. The Morgan fingerprint density at radius 2 is 1.90 bits per heavy atom. The Bertz CT molecular complexity index is 851. The second-order valence-corrected chi connectivity index (χ2v) is 7.56. The molecule has 0 bridgehead atoms. The minimum atomic E-state index is -0.771. The van der Waals surface area contributed by atoms with Crippen LogP contribution in [0.4, 0.5) is 0 Å². The van der Waals surface area contributed by atoms with Gasteiger partial charge in [-0.15, -0.1) is 0 Å². The Balaban J connectivity index is 1.68. The van der Waals surface area contributed by atoms with Crippen LogP contribution in [-0.2, 0) is 0 Å². The van der Waals surface area contributed by atoms with Crippen molar-refractivity contribution in [3.63, 3.8) is 0 Å². The van der Waals surface area contributed by atoms with E-state index in [1.807, 2.05) is 18.2 Å². The zero-order chi connectivity index (χ0) is 21.0. The van der Waals surface area contributed by atoms with Gasteiger partial charge in [-0.05, 0) is 41.8 Å². The third-order valence-electron chi connectivity index (χ3n) is 5.26. The summed E-state index contributed by atoms with van der Waals surface area (Å²) in [6.45, 7) is 4.95. The Labute approximate surface area is 172 Å². The minimum absolute atomic E-state index is 0.194. The standard InChI is InChI=1S/C23H29NO5/c1-15(2)16-6-5-7-18(12-16)29-22-10-11-24(14-20(22)25)23(26)19-13-17(27-3)8-9-21(19)28-4/h5-9,12-13,15,20,22,25H,10-11,14H2,1-4H3/t20-,22-/m1/s1. The van der Waals surface area contributed by atoms with E-state index in [2.05, 4.69) is 19.9 Å². The smallest absolute Gasteiger partial charge is 0.257 e. The van der Waals surface area contributed by atoms with Gasteiger partial charge in [-0.1, -0.05) is 26.0 Å². The molecule has 0 radical (unpaired) electrons. The SMILES string of the molecule is COc1ccc(OC)c(C(=O)N2CC[C@@H](Oc3cccc(C(C)C)c3)[C@H](O)C2)c1. The largest absolute Gasteiger partial charge is 0.497 e. The van der Waals surface area contributed by atoms with Gasteiger partial charge >= 0.3 is 0 Å². The van der Waals surface area contributed by atoms with Gasteiger partial charge in [0.25, 0.3) is 5.91 Å². The fraction of sp³-hybridized carbons (Fsp3) is 0.435. The summed E-state index contributed by atoms with van der Waals surface area (Å²) in [6.07, 6.45) is -0.578. The minimum Gasteiger partial charge on any atom is -0.497 e. The first-order chi connectivity index (χ1) is 13.9. The van der Waals surface area contributed by atoms with E-state index in [4.69, 9.17) is 14.2 Å². The maximum absolute atomic E-state index is 13.0. The second-order valence-electron chi connectivity index (χ2n) is 7.56. The van der Waals surface area contributed by atoms with Crippen molar-refractivity contribution in [3.8, 4) is 17.2 Å². The van der Waals surface area contributed by atoms with Crippen molar-refractivity contribution in [2.75, 3.05) is 27.3 Å². The Kier molecular flexibility index (Phi) is 6.64. The summed E-state index contributed by atoms with van der Waals surface area (Å²) in [5, 5.41) is 10.6. The van der Waals surface area contributed by atoms with Crippen LogP contribution in [0.2, 0.25) is 0 Å². The summed E-state index contributed by atoms with van der Waals surface area (Å²) in [4.78, 5) is 14.6. The summed E-state index contributed by atoms with van der Waals surface area (Å²) in [5.41, 5.74) is 1.61. The summed E-state index contributed by atoms with van der Waals surface area (Å²) in [7, 11) is 3.08. The van der Waals surface area contributed by atoms with Gasteiger partial charge < -0.3 is 24.2 Å². The molecule has 0 aromatic heterocycles. The van der Waals surface area contributed by atoms with E-state index in [1.165, 1.54) is 12.7 Å². The molecule has 1 N–H and O–H groups in total. The van der Waals surface area contributed by atoms with Gasteiger partial charge in [0.2, 0.25) is 0 Å². The fourth-order valence-electron chi connectivity index (χ4n) is 3.51. The number of methoxy groups -OCH3 is 2. The van der Waals surface area contributed by atoms with E-state index >= 15 is 0 Å². The molecule has 6 heteroatoms. The molecule has 6 nitrogen and oxygen atoms in total. The van der Waals surface area contributed by atoms with Gasteiger partial charge in [0.05, 0.1) is 26.3 Å². The molecular formula is C23H29NO5. The predicted octanol–water partition coefficient (Wildman–Crippen LogP) is 3.48. The van der Waals surface area contributed by atoms with Crippen LogP contribution < -0.4 is 14.2 Å². The van der Waals surface area contributed by atoms with E-state index < -0.39 is 6.10 Å². The number of piperidine rings is 1. The molecule has 0 spiro atoms. The number of nitrogens with zero attached hydrogens (tertiary/aromatic N) is 1. The lowest BCUT2D eigenvalue weighted by Gasteiger charge is -2.36. The van der Waals surface area contributed by atoms with Gasteiger partial charge in [-0.25, -0.2) is 0 Å². The summed E-state index contributed by atoms with van der Waals surface area (Å²) in [6, 6.07) is 13.1. The lowest BCUT2D eigenvalue weighted by Crippen LogP contribution is -2.51. The molecule has 1 saturated heterocycles. The van der Waals surface area contributed by atoms with E-state index in [0.717, 1.165) is 5.75 Å². The van der Waals surface area contributed by atoms with E-state index in [0.29, 0.717) is 35.9 Å². The van der Waals surface area contributed by atoms with Crippen molar-refractivity contribution in [2.45, 2.75) is 38.4 Å². The molecule has 0 unspecified atom stereocenters. The molecule has 1 fully saturated rings. The van der Waals surface area contributed by atoms with Crippen LogP contribution in [-0.4, -0.2) is 55.4 Å². The van der Waals surface area contributed by atoms with Gasteiger partial charge in [0.1, 0.15) is 29.5 Å². The van der Waals surface area contributed by atoms with Crippen LogP contribution in [0.25, 0.3) is 0 Å². The molecule has 2 aromatic carbocycles. The Morgan fingerprint density at radius 3 is 2.55 bits per heavy atom. The van der Waals surface area contributed by atoms with Crippen LogP contribution in [0.3, 0.4) is 0 Å². The number of β-amino-alcohol motifs (C(OH)–C–C–N with tert-alkyl or cyclic N) is 1. The molecule has 2 aromatic rings. The van der Waals surface area contributed by atoms with Crippen LogP contribution in [0.15, 0.2) is 42.5 Å². The molecule has 29 heavy (non-hydrogen) atoms. The van der Waals surface area contributed by atoms with Crippen molar-refractivity contribution >= 4 is 5.91 Å². The van der Waals surface area contributed by atoms with Crippen molar-refractivity contribution < 1.29 is 24.1 Å². The zero-order valence-electron chi connectivity index (χ0n) is 17.4. The molecule has 1 heterocycles. The monoisotopic (exact) mass is 399 g/mol. The van der Waals surface area contributed by atoms with Crippen LogP contribution in [0.1, 0.15) is 42.1 Å². The number of carbonyl (C=O) groups is 1. The lowest BCUT2D eigenvalue weighted by atomic mass is 10.0. The van der Waals surface area contributed by atoms with E-state index in [9.17, 15) is 9.90 Å². The number of hydrogen-bond donors (Lipinski definition) is 1. The number of benzene rings is 2. The van der Waals surface area contributed by atoms with Crippen LogP contribution in [0.5, 0.6) is 17.2 Å². The molecular weight excluding hydrogens is 370 g/mol. The second kappa shape index (κ2) is 9.18. The van der Waals surface area contributed by atoms with Crippen molar-refractivity contribution in [3.05, 3.63) is 53.6 Å².